The maximum atomic E-state index is 10.9. The van der Waals surface area contributed by atoms with Crippen molar-refractivity contribution in [2.45, 2.75) is 13.2 Å². The summed E-state index contributed by atoms with van der Waals surface area (Å²) in [5.74, 6) is 0.482. The van der Waals surface area contributed by atoms with Crippen LogP contribution < -0.4 is 10.5 Å². The van der Waals surface area contributed by atoms with Gasteiger partial charge in [0.15, 0.2) is 12.4 Å². The Balaban J connectivity index is 2.19. The summed E-state index contributed by atoms with van der Waals surface area (Å²) in [7, 11) is 1.62. The third-order valence-corrected chi connectivity index (χ3v) is 2.36. The van der Waals surface area contributed by atoms with Crippen LogP contribution >= 0.6 is 0 Å². The zero-order valence-electron chi connectivity index (χ0n) is 10.2. The molecule has 0 saturated heterocycles. The standard InChI is InChI=1S/C10H12N6O3/c1-15-13-10(12-14-15)6-19-9-4-7(5-11)2-3-8(9)16(17)18/h2-4H,5-6,11H2,1H3. The monoisotopic (exact) mass is 264 g/mol. The minimum absolute atomic E-state index is 0.00268. The number of hydrogen-bond donors (Lipinski definition) is 1. The van der Waals surface area contributed by atoms with Crippen molar-refractivity contribution < 1.29 is 9.66 Å². The van der Waals surface area contributed by atoms with Crippen LogP contribution in [0.15, 0.2) is 18.2 Å². The van der Waals surface area contributed by atoms with Crippen molar-refractivity contribution in [2.24, 2.45) is 12.8 Å². The zero-order valence-corrected chi connectivity index (χ0v) is 10.2. The summed E-state index contributed by atoms with van der Waals surface area (Å²) >= 11 is 0. The molecule has 0 aliphatic carbocycles. The van der Waals surface area contributed by atoms with Gasteiger partial charge in [-0.2, -0.15) is 4.80 Å². The number of tetrazole rings is 1. The Morgan fingerprint density at radius 3 is 2.89 bits per heavy atom. The minimum atomic E-state index is -0.514. The van der Waals surface area contributed by atoms with Crippen LogP contribution in [0.4, 0.5) is 5.69 Å². The molecule has 0 atom stereocenters. The quantitative estimate of drug-likeness (QED) is 0.602. The first-order valence-corrected chi connectivity index (χ1v) is 5.43. The largest absolute Gasteiger partial charge is 0.478 e. The van der Waals surface area contributed by atoms with E-state index in [1.54, 1.807) is 13.1 Å². The van der Waals surface area contributed by atoms with Gasteiger partial charge in [-0.25, -0.2) is 0 Å². The maximum Gasteiger partial charge on any atom is 0.310 e. The van der Waals surface area contributed by atoms with Crippen molar-refractivity contribution in [1.29, 1.82) is 0 Å². The number of rotatable bonds is 5. The molecule has 9 heteroatoms. The predicted molar refractivity (Wildman–Crippen MR) is 64.1 cm³/mol. The second kappa shape index (κ2) is 5.40. The lowest BCUT2D eigenvalue weighted by molar-refractivity contribution is -0.386. The lowest BCUT2D eigenvalue weighted by atomic mass is 10.2. The van der Waals surface area contributed by atoms with Gasteiger partial charge in [-0.3, -0.25) is 10.1 Å². The van der Waals surface area contributed by atoms with Gasteiger partial charge in [-0.1, -0.05) is 6.07 Å². The molecule has 0 fully saturated rings. The first-order valence-electron chi connectivity index (χ1n) is 5.43. The highest BCUT2D eigenvalue weighted by Gasteiger charge is 2.16. The number of nitro benzene ring substituents is 1. The molecule has 100 valence electrons. The number of aromatic nitrogens is 4. The van der Waals surface area contributed by atoms with E-state index in [4.69, 9.17) is 10.5 Å². The average Bonchev–Trinajstić information content (AvgIpc) is 2.81. The summed E-state index contributed by atoms with van der Waals surface area (Å²) in [6, 6.07) is 4.49. The van der Waals surface area contributed by atoms with Crippen molar-refractivity contribution in [3.8, 4) is 5.75 Å². The van der Waals surface area contributed by atoms with Crippen LogP contribution in [0.25, 0.3) is 0 Å². The van der Waals surface area contributed by atoms with Gasteiger partial charge in [0.05, 0.1) is 12.0 Å². The number of ether oxygens (including phenoxy) is 1. The van der Waals surface area contributed by atoms with Crippen LogP contribution in [0.3, 0.4) is 0 Å². The van der Waals surface area contributed by atoms with Crippen molar-refractivity contribution in [3.05, 3.63) is 39.7 Å². The van der Waals surface area contributed by atoms with E-state index in [1.165, 1.54) is 16.9 Å². The summed E-state index contributed by atoms with van der Waals surface area (Å²) in [6.45, 7) is 0.278. The third kappa shape index (κ3) is 3.01. The topological polar surface area (TPSA) is 122 Å². The highest BCUT2D eigenvalue weighted by molar-refractivity contribution is 5.48. The van der Waals surface area contributed by atoms with E-state index in [0.29, 0.717) is 5.82 Å². The van der Waals surface area contributed by atoms with Gasteiger partial charge in [-0.05, 0) is 16.8 Å². The molecule has 1 heterocycles. The van der Waals surface area contributed by atoms with Gasteiger partial charge < -0.3 is 10.5 Å². The van der Waals surface area contributed by atoms with Crippen LogP contribution in [0, 0.1) is 10.1 Å². The summed E-state index contributed by atoms with van der Waals surface area (Å²) in [6.07, 6.45) is 0. The zero-order chi connectivity index (χ0) is 13.8. The van der Waals surface area contributed by atoms with E-state index in [-0.39, 0.29) is 24.6 Å². The summed E-state index contributed by atoms with van der Waals surface area (Å²) in [4.78, 5) is 11.7. The molecule has 19 heavy (non-hydrogen) atoms. The molecule has 0 spiro atoms. The van der Waals surface area contributed by atoms with Crippen molar-refractivity contribution in [1.82, 2.24) is 20.2 Å². The van der Waals surface area contributed by atoms with Gasteiger partial charge in [0.1, 0.15) is 0 Å². The van der Waals surface area contributed by atoms with Crippen LogP contribution in [0.1, 0.15) is 11.4 Å². The Morgan fingerprint density at radius 2 is 2.32 bits per heavy atom. The molecular formula is C10H12N6O3. The number of nitrogens with zero attached hydrogens (tertiary/aromatic N) is 5. The molecule has 0 saturated carbocycles. The molecule has 2 aromatic rings. The number of hydrogen-bond acceptors (Lipinski definition) is 7. The lowest BCUT2D eigenvalue weighted by Gasteiger charge is -2.06. The molecule has 0 bridgehead atoms. The minimum Gasteiger partial charge on any atom is -0.478 e. The van der Waals surface area contributed by atoms with Gasteiger partial charge in [0.25, 0.3) is 0 Å². The second-order valence-corrected chi connectivity index (χ2v) is 3.75. The molecule has 0 aliphatic heterocycles. The van der Waals surface area contributed by atoms with E-state index in [2.05, 4.69) is 15.4 Å². The lowest BCUT2D eigenvalue weighted by Crippen LogP contribution is -2.03. The Kier molecular flexibility index (Phi) is 3.66. The van der Waals surface area contributed by atoms with Crippen molar-refractivity contribution >= 4 is 5.69 Å². The summed E-state index contributed by atoms with van der Waals surface area (Å²) in [5.41, 5.74) is 6.11. The molecule has 1 aromatic heterocycles. The maximum absolute atomic E-state index is 10.9. The second-order valence-electron chi connectivity index (χ2n) is 3.75. The SMILES string of the molecule is Cn1nnc(COc2cc(CN)ccc2[N+](=O)[O-])n1. The molecule has 1 aromatic carbocycles. The number of benzene rings is 1. The van der Waals surface area contributed by atoms with Crippen LogP contribution in [-0.4, -0.2) is 25.1 Å². The molecule has 0 unspecified atom stereocenters. The fraction of sp³-hybridized carbons (Fsp3) is 0.300. The predicted octanol–water partition coefficient (Wildman–Crippen LogP) is 0.156. The first-order chi connectivity index (χ1) is 9.10. The Labute approximate surface area is 108 Å². The third-order valence-electron chi connectivity index (χ3n) is 2.36. The Bertz CT molecular complexity index is 597. The fourth-order valence-electron chi connectivity index (χ4n) is 1.48. The molecular weight excluding hydrogens is 252 g/mol. The van der Waals surface area contributed by atoms with Crippen LogP contribution in [-0.2, 0) is 20.2 Å². The normalized spacial score (nSPS) is 10.4. The smallest absolute Gasteiger partial charge is 0.310 e. The number of nitro groups is 1. The highest BCUT2D eigenvalue weighted by Crippen LogP contribution is 2.28. The van der Waals surface area contributed by atoms with E-state index in [0.717, 1.165) is 5.56 Å². The molecule has 2 N–H and O–H groups in total. The van der Waals surface area contributed by atoms with Crippen LogP contribution in [0.2, 0.25) is 0 Å². The van der Waals surface area contributed by atoms with E-state index >= 15 is 0 Å². The molecule has 2 rings (SSSR count). The van der Waals surface area contributed by atoms with Crippen molar-refractivity contribution in [2.75, 3.05) is 0 Å². The van der Waals surface area contributed by atoms with E-state index in [9.17, 15) is 10.1 Å². The fourth-order valence-corrected chi connectivity index (χ4v) is 1.48. The van der Waals surface area contributed by atoms with Crippen LogP contribution in [0.5, 0.6) is 5.75 Å². The molecule has 9 nitrogen and oxygen atoms in total. The molecule has 0 radical (unpaired) electrons. The van der Waals surface area contributed by atoms with Gasteiger partial charge in [0, 0.05) is 12.6 Å². The van der Waals surface area contributed by atoms with Crippen molar-refractivity contribution in [3.63, 3.8) is 0 Å². The summed E-state index contributed by atoms with van der Waals surface area (Å²) in [5, 5.41) is 22.2. The first kappa shape index (κ1) is 12.9. The Hall–Kier alpha value is -2.55. The van der Waals surface area contributed by atoms with Gasteiger partial charge in [-0.15, -0.1) is 10.2 Å². The average molecular weight is 264 g/mol. The van der Waals surface area contributed by atoms with E-state index < -0.39 is 4.92 Å². The number of aryl methyl sites for hydroxylation is 1. The highest BCUT2D eigenvalue weighted by atomic mass is 16.6. The van der Waals surface area contributed by atoms with Gasteiger partial charge in [0.2, 0.25) is 5.82 Å². The van der Waals surface area contributed by atoms with Gasteiger partial charge >= 0.3 is 5.69 Å². The van der Waals surface area contributed by atoms with E-state index in [1.807, 2.05) is 0 Å². The molecule has 0 aliphatic rings. The number of nitrogens with two attached hydrogens (primary N) is 1. The summed E-state index contributed by atoms with van der Waals surface area (Å²) < 4.78 is 5.36. The molecule has 0 amide bonds. The Morgan fingerprint density at radius 1 is 1.53 bits per heavy atom.